The van der Waals surface area contributed by atoms with E-state index in [1.54, 1.807) is 0 Å². The van der Waals surface area contributed by atoms with E-state index in [-0.39, 0.29) is 13.0 Å². The van der Waals surface area contributed by atoms with Gasteiger partial charge in [-0.3, -0.25) is 4.55 Å². The van der Waals surface area contributed by atoms with Crippen LogP contribution in [0.2, 0.25) is 0 Å². The van der Waals surface area contributed by atoms with Gasteiger partial charge in [-0.15, -0.1) is 0 Å². The van der Waals surface area contributed by atoms with Gasteiger partial charge in [0.15, 0.2) is 0 Å². The maximum absolute atomic E-state index is 10.3. The molecule has 1 unspecified atom stereocenters. The Morgan fingerprint density at radius 1 is 1.36 bits per heavy atom. The largest absolute Gasteiger partial charge is 0.396 e. The molecular formula is C5H13NO4S. The van der Waals surface area contributed by atoms with Crippen LogP contribution in [0.1, 0.15) is 19.3 Å². The van der Waals surface area contributed by atoms with Gasteiger partial charge in [0.05, 0.1) is 0 Å². The first-order valence-corrected chi connectivity index (χ1v) is 4.81. The third-order valence-corrected chi connectivity index (χ3v) is 2.28. The number of rotatable bonds is 5. The Kier molecular flexibility index (Phi) is 4.58. The molecule has 0 aliphatic rings. The van der Waals surface area contributed by atoms with Crippen LogP contribution in [-0.2, 0) is 10.1 Å². The predicted molar refractivity (Wildman–Crippen MR) is 40.5 cm³/mol. The van der Waals surface area contributed by atoms with E-state index in [9.17, 15) is 8.42 Å². The summed E-state index contributed by atoms with van der Waals surface area (Å²) in [5, 5.41) is 7.12. The molecule has 6 heteroatoms. The highest BCUT2D eigenvalue weighted by Crippen LogP contribution is 2.02. The molecule has 0 rings (SSSR count). The third kappa shape index (κ3) is 5.14. The molecule has 0 aliphatic carbocycles. The molecule has 0 fully saturated rings. The quantitative estimate of drug-likeness (QED) is 0.387. The van der Waals surface area contributed by atoms with Crippen LogP contribution in [0.4, 0.5) is 0 Å². The molecular weight excluding hydrogens is 170 g/mol. The Balaban J connectivity index is 3.62. The minimum atomic E-state index is -4.09. The Labute approximate surface area is 66.0 Å². The molecule has 0 aromatic heterocycles. The molecule has 0 spiro atoms. The Morgan fingerprint density at radius 2 is 1.91 bits per heavy atom. The maximum atomic E-state index is 10.3. The molecule has 1 atom stereocenters. The lowest BCUT2D eigenvalue weighted by molar-refractivity contribution is 0.282. The first kappa shape index (κ1) is 10.8. The lowest BCUT2D eigenvalue weighted by Crippen LogP contribution is -2.29. The van der Waals surface area contributed by atoms with Crippen LogP contribution in [0.3, 0.4) is 0 Å². The number of hydrogen-bond acceptors (Lipinski definition) is 4. The van der Waals surface area contributed by atoms with Gasteiger partial charge in [0, 0.05) is 6.61 Å². The van der Waals surface area contributed by atoms with Crippen LogP contribution in [0.5, 0.6) is 0 Å². The molecule has 68 valence electrons. The van der Waals surface area contributed by atoms with Crippen LogP contribution in [0.15, 0.2) is 0 Å². The SMILES string of the molecule is NC(CCCCO)S(=O)(=O)O. The van der Waals surface area contributed by atoms with Gasteiger partial charge < -0.3 is 10.8 Å². The van der Waals surface area contributed by atoms with E-state index in [4.69, 9.17) is 15.4 Å². The fraction of sp³-hybridized carbons (Fsp3) is 1.00. The average molecular weight is 183 g/mol. The summed E-state index contributed by atoms with van der Waals surface area (Å²) in [6.07, 6.45) is 1.18. The topological polar surface area (TPSA) is 101 Å². The van der Waals surface area contributed by atoms with Crippen molar-refractivity contribution in [1.29, 1.82) is 0 Å². The van der Waals surface area contributed by atoms with E-state index in [0.29, 0.717) is 12.8 Å². The van der Waals surface area contributed by atoms with E-state index in [1.165, 1.54) is 0 Å². The number of aliphatic hydroxyl groups is 1. The van der Waals surface area contributed by atoms with Gasteiger partial charge in [0.2, 0.25) is 0 Å². The summed E-state index contributed by atoms with van der Waals surface area (Å²) in [5.41, 5.74) is 5.07. The normalized spacial score (nSPS) is 14.8. The van der Waals surface area contributed by atoms with E-state index in [0.717, 1.165) is 0 Å². The van der Waals surface area contributed by atoms with Crippen LogP contribution in [0, 0.1) is 0 Å². The lowest BCUT2D eigenvalue weighted by Gasteiger charge is -2.05. The molecule has 0 saturated heterocycles. The van der Waals surface area contributed by atoms with Crippen LogP contribution < -0.4 is 5.73 Å². The van der Waals surface area contributed by atoms with Crippen molar-refractivity contribution in [3.05, 3.63) is 0 Å². The van der Waals surface area contributed by atoms with Crippen molar-refractivity contribution < 1.29 is 18.1 Å². The maximum Gasteiger partial charge on any atom is 0.280 e. The van der Waals surface area contributed by atoms with E-state index in [2.05, 4.69) is 0 Å². The molecule has 0 bridgehead atoms. The summed E-state index contributed by atoms with van der Waals surface area (Å²) in [6.45, 7) is 0.0121. The van der Waals surface area contributed by atoms with Gasteiger partial charge in [-0.2, -0.15) is 8.42 Å². The number of nitrogens with two attached hydrogens (primary N) is 1. The van der Waals surface area contributed by atoms with Crippen LogP contribution >= 0.6 is 0 Å². The summed E-state index contributed by atoms with van der Waals surface area (Å²) in [4.78, 5) is 0. The van der Waals surface area contributed by atoms with Gasteiger partial charge in [-0.1, -0.05) is 0 Å². The summed E-state index contributed by atoms with van der Waals surface area (Å²) >= 11 is 0. The van der Waals surface area contributed by atoms with Gasteiger partial charge in [0.1, 0.15) is 5.37 Å². The predicted octanol–water partition coefficient (Wildman–Crippen LogP) is -0.678. The fourth-order valence-electron chi connectivity index (χ4n) is 0.606. The van der Waals surface area contributed by atoms with E-state index >= 15 is 0 Å². The third-order valence-electron chi connectivity index (χ3n) is 1.28. The minimum absolute atomic E-state index is 0.0121. The lowest BCUT2D eigenvalue weighted by atomic mass is 10.2. The van der Waals surface area contributed by atoms with Crippen molar-refractivity contribution in [2.75, 3.05) is 6.61 Å². The summed E-state index contributed by atoms with van der Waals surface area (Å²) < 4.78 is 29.0. The van der Waals surface area contributed by atoms with Gasteiger partial charge in [-0.05, 0) is 19.3 Å². The second-order valence-electron chi connectivity index (χ2n) is 2.27. The second-order valence-corrected chi connectivity index (χ2v) is 3.91. The number of unbranched alkanes of at least 4 members (excludes halogenated alkanes) is 1. The summed E-state index contributed by atoms with van der Waals surface area (Å²) in [7, 11) is -4.09. The monoisotopic (exact) mass is 183 g/mol. The van der Waals surface area contributed by atoms with Crippen molar-refractivity contribution >= 4 is 10.1 Å². The van der Waals surface area contributed by atoms with Crippen molar-refractivity contribution in [2.45, 2.75) is 24.6 Å². The van der Waals surface area contributed by atoms with Crippen molar-refractivity contribution in [1.82, 2.24) is 0 Å². The molecule has 0 aromatic rings. The number of aliphatic hydroxyl groups excluding tert-OH is 1. The zero-order valence-electron chi connectivity index (χ0n) is 6.10. The zero-order valence-corrected chi connectivity index (χ0v) is 6.92. The standard InChI is InChI=1S/C5H13NO4S/c6-5(11(8,9)10)3-1-2-4-7/h5,7H,1-4,6H2,(H,8,9,10). The van der Waals surface area contributed by atoms with E-state index < -0.39 is 15.5 Å². The first-order chi connectivity index (χ1) is 4.98. The summed E-state index contributed by atoms with van der Waals surface area (Å²) in [6, 6.07) is 0. The molecule has 0 aromatic carbocycles. The van der Waals surface area contributed by atoms with Gasteiger partial charge >= 0.3 is 0 Å². The molecule has 0 amide bonds. The Morgan fingerprint density at radius 3 is 2.27 bits per heavy atom. The van der Waals surface area contributed by atoms with E-state index in [1.807, 2.05) is 0 Å². The van der Waals surface area contributed by atoms with Gasteiger partial charge in [-0.25, -0.2) is 0 Å². The highest BCUT2D eigenvalue weighted by atomic mass is 32.2. The molecule has 0 radical (unpaired) electrons. The summed E-state index contributed by atoms with van der Waals surface area (Å²) in [5.74, 6) is 0. The first-order valence-electron chi connectivity index (χ1n) is 3.31. The highest BCUT2D eigenvalue weighted by molar-refractivity contribution is 7.86. The molecule has 0 saturated carbocycles. The van der Waals surface area contributed by atoms with Gasteiger partial charge in [0.25, 0.3) is 10.1 Å². The molecule has 0 aliphatic heterocycles. The average Bonchev–Trinajstić information content (AvgIpc) is 1.86. The molecule has 0 heterocycles. The smallest absolute Gasteiger partial charge is 0.280 e. The van der Waals surface area contributed by atoms with Crippen LogP contribution in [-0.4, -0.2) is 30.1 Å². The molecule has 4 N–H and O–H groups in total. The van der Waals surface area contributed by atoms with Crippen molar-refractivity contribution in [2.24, 2.45) is 5.73 Å². The Hall–Kier alpha value is -0.170. The molecule has 5 nitrogen and oxygen atoms in total. The zero-order chi connectivity index (χ0) is 8.91. The second kappa shape index (κ2) is 4.66. The minimum Gasteiger partial charge on any atom is -0.396 e. The van der Waals surface area contributed by atoms with Crippen LogP contribution in [0.25, 0.3) is 0 Å². The Bertz CT molecular complexity index is 189. The van der Waals surface area contributed by atoms with Crippen molar-refractivity contribution in [3.8, 4) is 0 Å². The number of hydrogen-bond donors (Lipinski definition) is 3. The van der Waals surface area contributed by atoms with Crippen molar-refractivity contribution in [3.63, 3.8) is 0 Å². The molecule has 11 heavy (non-hydrogen) atoms. The highest BCUT2D eigenvalue weighted by Gasteiger charge is 2.16. The fourth-order valence-corrected chi connectivity index (χ4v) is 1.07.